The van der Waals surface area contributed by atoms with E-state index in [2.05, 4.69) is 4.90 Å². The van der Waals surface area contributed by atoms with Gasteiger partial charge in [-0.05, 0) is 38.8 Å². The molecule has 2 aliphatic rings. The lowest BCUT2D eigenvalue weighted by Crippen LogP contribution is -2.32. The molecule has 4 N–H and O–H groups in total. The monoisotopic (exact) mass is 169 g/mol. The van der Waals surface area contributed by atoms with Crippen LogP contribution in [0.15, 0.2) is 0 Å². The Bertz CT molecular complexity index is 165. The molecule has 0 aromatic carbocycles. The summed E-state index contributed by atoms with van der Waals surface area (Å²) in [6, 6.07) is 0.415. The summed E-state index contributed by atoms with van der Waals surface area (Å²) in [7, 11) is 0. The van der Waals surface area contributed by atoms with Crippen molar-refractivity contribution in [3.05, 3.63) is 0 Å². The third-order valence-corrected chi connectivity index (χ3v) is 3.13. The van der Waals surface area contributed by atoms with E-state index in [-0.39, 0.29) is 5.54 Å². The molecule has 3 nitrogen and oxygen atoms in total. The minimum absolute atomic E-state index is 0.215. The molecule has 1 heterocycles. The van der Waals surface area contributed by atoms with Crippen LogP contribution in [0.25, 0.3) is 0 Å². The zero-order chi connectivity index (χ0) is 8.60. The molecular weight excluding hydrogens is 150 g/mol. The molecule has 0 spiro atoms. The highest BCUT2D eigenvalue weighted by atomic mass is 15.2. The van der Waals surface area contributed by atoms with Crippen molar-refractivity contribution in [2.75, 3.05) is 19.6 Å². The highest BCUT2D eigenvalue weighted by Gasteiger charge is 2.38. The molecule has 1 saturated carbocycles. The van der Waals surface area contributed by atoms with Crippen LogP contribution in [-0.4, -0.2) is 36.1 Å². The Kier molecular flexibility index (Phi) is 2.10. The van der Waals surface area contributed by atoms with E-state index in [1.54, 1.807) is 0 Å². The van der Waals surface area contributed by atoms with Crippen molar-refractivity contribution in [3.8, 4) is 0 Å². The molecule has 3 heteroatoms. The fourth-order valence-corrected chi connectivity index (χ4v) is 1.86. The van der Waals surface area contributed by atoms with E-state index in [1.807, 2.05) is 0 Å². The van der Waals surface area contributed by atoms with Crippen molar-refractivity contribution in [2.24, 2.45) is 11.5 Å². The van der Waals surface area contributed by atoms with Gasteiger partial charge >= 0.3 is 0 Å². The number of nitrogens with zero attached hydrogens (tertiary/aromatic N) is 1. The lowest BCUT2D eigenvalue weighted by Gasteiger charge is -2.17. The van der Waals surface area contributed by atoms with Gasteiger partial charge in [-0.1, -0.05) is 0 Å². The Morgan fingerprint density at radius 3 is 2.67 bits per heavy atom. The number of rotatable bonds is 3. The summed E-state index contributed by atoms with van der Waals surface area (Å²) < 4.78 is 0. The van der Waals surface area contributed by atoms with E-state index < -0.39 is 0 Å². The Labute approximate surface area is 74.1 Å². The summed E-state index contributed by atoms with van der Waals surface area (Å²) in [6.07, 6.45) is 4.79. The maximum Gasteiger partial charge on any atom is 0.0180 e. The van der Waals surface area contributed by atoms with E-state index in [4.69, 9.17) is 11.5 Å². The van der Waals surface area contributed by atoms with E-state index >= 15 is 0 Å². The molecule has 1 saturated heterocycles. The van der Waals surface area contributed by atoms with Gasteiger partial charge in [-0.3, -0.25) is 0 Å². The zero-order valence-electron chi connectivity index (χ0n) is 7.63. The molecule has 1 unspecified atom stereocenters. The molecule has 0 aromatic heterocycles. The zero-order valence-corrected chi connectivity index (χ0v) is 7.63. The third kappa shape index (κ3) is 1.97. The molecule has 0 bridgehead atoms. The van der Waals surface area contributed by atoms with Crippen LogP contribution in [0.5, 0.6) is 0 Å². The molecule has 2 rings (SSSR count). The molecular formula is C9H19N3. The summed E-state index contributed by atoms with van der Waals surface area (Å²) in [4.78, 5) is 2.44. The molecule has 1 atom stereocenters. The Balaban J connectivity index is 1.67. The van der Waals surface area contributed by atoms with Crippen molar-refractivity contribution < 1.29 is 0 Å². The van der Waals surface area contributed by atoms with Gasteiger partial charge in [-0.15, -0.1) is 0 Å². The average Bonchev–Trinajstić information content (AvgIpc) is 2.60. The SMILES string of the molecule is NC1CCN(CCC2(N)CC2)C1. The van der Waals surface area contributed by atoms with Crippen LogP contribution in [0.2, 0.25) is 0 Å². The number of hydrogen-bond acceptors (Lipinski definition) is 3. The second-order valence-electron chi connectivity index (χ2n) is 4.46. The quantitative estimate of drug-likeness (QED) is 0.620. The second-order valence-corrected chi connectivity index (χ2v) is 4.46. The molecule has 0 aromatic rings. The van der Waals surface area contributed by atoms with Gasteiger partial charge in [-0.2, -0.15) is 0 Å². The van der Waals surface area contributed by atoms with Gasteiger partial charge < -0.3 is 16.4 Å². The number of likely N-dealkylation sites (tertiary alicyclic amines) is 1. The lowest BCUT2D eigenvalue weighted by atomic mass is 10.2. The molecule has 0 radical (unpaired) electrons. The molecule has 2 fully saturated rings. The average molecular weight is 169 g/mol. The lowest BCUT2D eigenvalue weighted by molar-refractivity contribution is 0.314. The standard InChI is InChI=1S/C9H19N3/c10-8-1-5-12(7-8)6-4-9(11)2-3-9/h8H,1-7,10-11H2. The van der Waals surface area contributed by atoms with Crippen molar-refractivity contribution in [1.29, 1.82) is 0 Å². The van der Waals surface area contributed by atoms with Crippen molar-refractivity contribution in [3.63, 3.8) is 0 Å². The maximum atomic E-state index is 6.00. The first-order chi connectivity index (χ1) is 5.68. The van der Waals surface area contributed by atoms with Gasteiger partial charge in [0.1, 0.15) is 0 Å². The molecule has 1 aliphatic heterocycles. The smallest absolute Gasteiger partial charge is 0.0180 e. The minimum atomic E-state index is 0.215. The van der Waals surface area contributed by atoms with Crippen LogP contribution in [0.3, 0.4) is 0 Å². The van der Waals surface area contributed by atoms with Crippen molar-refractivity contribution in [1.82, 2.24) is 4.90 Å². The van der Waals surface area contributed by atoms with Gasteiger partial charge in [0.05, 0.1) is 0 Å². The van der Waals surface area contributed by atoms with Gasteiger partial charge in [0.15, 0.2) is 0 Å². The normalized spacial score (nSPS) is 34.0. The van der Waals surface area contributed by atoms with E-state index in [9.17, 15) is 0 Å². The van der Waals surface area contributed by atoms with Gasteiger partial charge in [-0.25, -0.2) is 0 Å². The predicted molar refractivity (Wildman–Crippen MR) is 49.8 cm³/mol. The van der Waals surface area contributed by atoms with Crippen LogP contribution in [0.1, 0.15) is 25.7 Å². The van der Waals surface area contributed by atoms with E-state index in [0.29, 0.717) is 6.04 Å². The van der Waals surface area contributed by atoms with Crippen LogP contribution >= 0.6 is 0 Å². The maximum absolute atomic E-state index is 6.00. The Hall–Kier alpha value is -0.120. The summed E-state index contributed by atoms with van der Waals surface area (Å²) in [6.45, 7) is 3.41. The summed E-state index contributed by atoms with van der Waals surface area (Å²) >= 11 is 0. The molecule has 12 heavy (non-hydrogen) atoms. The number of hydrogen-bond donors (Lipinski definition) is 2. The summed E-state index contributed by atoms with van der Waals surface area (Å²) in [5.41, 5.74) is 12.0. The molecule has 0 amide bonds. The third-order valence-electron chi connectivity index (χ3n) is 3.13. The van der Waals surface area contributed by atoms with Gasteiger partial charge in [0.2, 0.25) is 0 Å². The first-order valence-corrected chi connectivity index (χ1v) is 4.95. The van der Waals surface area contributed by atoms with Gasteiger partial charge in [0.25, 0.3) is 0 Å². The fourth-order valence-electron chi connectivity index (χ4n) is 1.86. The van der Waals surface area contributed by atoms with Crippen molar-refractivity contribution >= 4 is 0 Å². The largest absolute Gasteiger partial charge is 0.326 e. The Morgan fingerprint density at radius 1 is 1.42 bits per heavy atom. The first kappa shape index (κ1) is 8.48. The van der Waals surface area contributed by atoms with E-state index in [0.717, 1.165) is 19.5 Å². The van der Waals surface area contributed by atoms with Crippen LogP contribution in [-0.2, 0) is 0 Å². The van der Waals surface area contributed by atoms with Crippen LogP contribution in [0, 0.1) is 0 Å². The highest BCUT2D eigenvalue weighted by Crippen LogP contribution is 2.35. The number of nitrogens with two attached hydrogens (primary N) is 2. The Morgan fingerprint density at radius 2 is 2.17 bits per heavy atom. The first-order valence-electron chi connectivity index (χ1n) is 4.95. The summed E-state index contributed by atoms with van der Waals surface area (Å²) in [5, 5.41) is 0. The molecule has 70 valence electrons. The molecule has 1 aliphatic carbocycles. The minimum Gasteiger partial charge on any atom is -0.326 e. The topological polar surface area (TPSA) is 55.3 Å². The highest BCUT2D eigenvalue weighted by molar-refractivity contribution is 4.99. The van der Waals surface area contributed by atoms with Gasteiger partial charge in [0, 0.05) is 18.1 Å². The second kappa shape index (κ2) is 2.98. The fraction of sp³-hybridized carbons (Fsp3) is 1.00. The van der Waals surface area contributed by atoms with E-state index in [1.165, 1.54) is 25.8 Å². The van der Waals surface area contributed by atoms with Crippen LogP contribution < -0.4 is 11.5 Å². The van der Waals surface area contributed by atoms with Crippen molar-refractivity contribution in [2.45, 2.75) is 37.3 Å². The predicted octanol–water partition coefficient (Wildman–Crippen LogP) is -0.0992. The summed E-state index contributed by atoms with van der Waals surface area (Å²) in [5.74, 6) is 0. The van der Waals surface area contributed by atoms with Crippen LogP contribution in [0.4, 0.5) is 0 Å².